The van der Waals surface area contributed by atoms with Gasteiger partial charge in [-0.25, -0.2) is 9.59 Å². The molecule has 2 aromatic rings. The minimum Gasteiger partial charge on any atom is -0.444 e. The lowest BCUT2D eigenvalue weighted by atomic mass is 10.1. The molecule has 0 saturated carbocycles. The summed E-state index contributed by atoms with van der Waals surface area (Å²) < 4.78 is 10.8. The molecule has 4 N–H and O–H groups in total. The van der Waals surface area contributed by atoms with E-state index in [1.165, 1.54) is 16.0 Å². The molecule has 1 heterocycles. The highest BCUT2D eigenvalue weighted by Gasteiger charge is 2.43. The number of likely N-dealkylation sites (tertiary alicyclic amines) is 1. The Bertz CT molecular complexity index is 1520. The number of anilines is 1. The molecule has 0 bridgehead atoms. The van der Waals surface area contributed by atoms with Gasteiger partial charge in [0.2, 0.25) is 17.7 Å². The van der Waals surface area contributed by atoms with Crippen LogP contribution in [0.25, 0.3) is 0 Å². The van der Waals surface area contributed by atoms with Gasteiger partial charge in [-0.05, 0) is 115 Å². The molecule has 0 aromatic heterocycles. The molecule has 2 aliphatic rings. The van der Waals surface area contributed by atoms with Crippen molar-refractivity contribution in [2.45, 2.75) is 122 Å². The minimum absolute atomic E-state index is 0.0842. The van der Waals surface area contributed by atoms with Crippen molar-refractivity contribution in [2.75, 3.05) is 18.4 Å². The van der Waals surface area contributed by atoms with Gasteiger partial charge in [0, 0.05) is 31.2 Å². The summed E-state index contributed by atoms with van der Waals surface area (Å²) in [7, 11) is 0. The van der Waals surface area contributed by atoms with Crippen LogP contribution in [0.4, 0.5) is 15.3 Å². The molecule has 50 heavy (non-hydrogen) atoms. The van der Waals surface area contributed by atoms with Gasteiger partial charge >= 0.3 is 12.2 Å². The van der Waals surface area contributed by atoms with E-state index in [2.05, 4.69) is 21.3 Å². The van der Waals surface area contributed by atoms with Gasteiger partial charge in [-0.2, -0.15) is 0 Å². The monoisotopic (exact) mass is 691 g/mol. The third-order valence-corrected chi connectivity index (χ3v) is 8.43. The Morgan fingerprint density at radius 2 is 1.56 bits per heavy atom. The van der Waals surface area contributed by atoms with Crippen LogP contribution in [0.1, 0.15) is 90.3 Å². The Morgan fingerprint density at radius 3 is 2.26 bits per heavy atom. The van der Waals surface area contributed by atoms with E-state index in [0.717, 1.165) is 24.8 Å². The fraction of sp³-hybridized carbons (Fsp3) is 0.553. The number of nitrogens with one attached hydrogen (secondary N) is 4. The second kappa shape index (κ2) is 16.9. The van der Waals surface area contributed by atoms with Crippen LogP contribution >= 0.6 is 0 Å². The van der Waals surface area contributed by atoms with Crippen molar-refractivity contribution in [3.63, 3.8) is 0 Å². The summed E-state index contributed by atoms with van der Waals surface area (Å²) in [5, 5.41) is 11.4. The maximum Gasteiger partial charge on any atom is 0.408 e. The van der Waals surface area contributed by atoms with Gasteiger partial charge < -0.3 is 35.6 Å². The van der Waals surface area contributed by atoms with Gasteiger partial charge in [0.15, 0.2) is 0 Å². The lowest BCUT2D eigenvalue weighted by Gasteiger charge is -2.29. The van der Waals surface area contributed by atoms with E-state index in [1.54, 1.807) is 41.5 Å². The van der Waals surface area contributed by atoms with Gasteiger partial charge in [-0.3, -0.25) is 14.4 Å². The van der Waals surface area contributed by atoms with Crippen molar-refractivity contribution in [2.24, 2.45) is 0 Å². The number of hydrogen-bond donors (Lipinski definition) is 4. The smallest absolute Gasteiger partial charge is 0.408 e. The molecule has 0 spiro atoms. The molecule has 4 rings (SSSR count). The first-order valence-corrected chi connectivity index (χ1v) is 17.6. The summed E-state index contributed by atoms with van der Waals surface area (Å²) in [4.78, 5) is 67.7. The normalized spacial score (nSPS) is 17.7. The van der Waals surface area contributed by atoms with Crippen LogP contribution in [0.5, 0.6) is 0 Å². The molecule has 3 atom stereocenters. The van der Waals surface area contributed by atoms with Crippen LogP contribution in [0, 0.1) is 0 Å². The molecule has 1 aliphatic heterocycles. The van der Waals surface area contributed by atoms with E-state index < -0.39 is 47.4 Å². The number of nitrogens with zero attached hydrogens (tertiary/aromatic N) is 1. The number of alkyl carbamates (subject to hydrolysis) is 2. The Kier molecular flexibility index (Phi) is 12.9. The summed E-state index contributed by atoms with van der Waals surface area (Å²) >= 11 is 0. The molecule has 1 fully saturated rings. The van der Waals surface area contributed by atoms with E-state index in [4.69, 9.17) is 9.47 Å². The zero-order chi connectivity index (χ0) is 36.5. The van der Waals surface area contributed by atoms with E-state index in [0.29, 0.717) is 18.5 Å². The van der Waals surface area contributed by atoms with Crippen LogP contribution in [0.2, 0.25) is 0 Å². The number of carbonyl (C=O) groups is 5. The zero-order valence-electron chi connectivity index (χ0n) is 30.2. The number of amides is 5. The van der Waals surface area contributed by atoms with Crippen molar-refractivity contribution in [1.29, 1.82) is 0 Å². The van der Waals surface area contributed by atoms with Gasteiger partial charge in [0.1, 0.15) is 23.3 Å². The number of benzene rings is 2. The predicted molar refractivity (Wildman–Crippen MR) is 191 cm³/mol. The van der Waals surface area contributed by atoms with Crippen molar-refractivity contribution >= 4 is 35.6 Å². The lowest BCUT2D eigenvalue weighted by molar-refractivity contribution is -0.138. The Balaban J connectivity index is 1.49. The maximum atomic E-state index is 14.3. The van der Waals surface area contributed by atoms with Gasteiger partial charge in [-0.1, -0.05) is 36.4 Å². The Morgan fingerprint density at radius 1 is 0.880 bits per heavy atom. The second-order valence-corrected chi connectivity index (χ2v) is 15.1. The van der Waals surface area contributed by atoms with Crippen molar-refractivity contribution < 1.29 is 33.4 Å². The quantitative estimate of drug-likeness (QED) is 0.228. The van der Waals surface area contributed by atoms with Gasteiger partial charge in [-0.15, -0.1) is 0 Å². The first-order chi connectivity index (χ1) is 23.6. The Hall–Kier alpha value is -4.61. The summed E-state index contributed by atoms with van der Waals surface area (Å²) in [6.07, 6.45) is 3.17. The molecule has 12 nitrogen and oxygen atoms in total. The largest absolute Gasteiger partial charge is 0.444 e. The third kappa shape index (κ3) is 12.1. The number of rotatable bonds is 12. The average molecular weight is 692 g/mol. The summed E-state index contributed by atoms with van der Waals surface area (Å²) in [6.45, 7) is 10.7. The highest BCUT2D eigenvalue weighted by atomic mass is 16.6. The van der Waals surface area contributed by atoms with Crippen molar-refractivity contribution in [3.8, 4) is 0 Å². The summed E-state index contributed by atoms with van der Waals surface area (Å²) in [6, 6.07) is 13.1. The van der Waals surface area contributed by atoms with E-state index in [-0.39, 0.29) is 44.2 Å². The molecule has 1 saturated heterocycles. The summed E-state index contributed by atoms with van der Waals surface area (Å²) in [5.74, 6) is -1.04. The number of hydrogen-bond acceptors (Lipinski definition) is 7. The number of carbonyl (C=O) groups excluding carboxylic acids is 5. The van der Waals surface area contributed by atoms with Crippen molar-refractivity contribution in [3.05, 3.63) is 65.2 Å². The number of aryl methyl sites for hydroxylation is 3. The predicted octanol–water partition coefficient (Wildman–Crippen LogP) is 5.03. The van der Waals surface area contributed by atoms with Crippen LogP contribution in [-0.2, 0) is 43.1 Å². The Labute approximate surface area is 295 Å². The topological polar surface area (TPSA) is 155 Å². The van der Waals surface area contributed by atoms with Gasteiger partial charge in [0.05, 0.1) is 0 Å². The molecule has 5 amide bonds. The van der Waals surface area contributed by atoms with E-state index in [9.17, 15) is 24.0 Å². The number of fused-ring (bicyclic) bond motifs is 1. The van der Waals surface area contributed by atoms with Gasteiger partial charge in [0.25, 0.3) is 0 Å². The SMILES string of the molecule is CC(C)(C)OC(=O)NCCC[C@H](NC(=O)OC(C)(C)C)C(=O)N1C[C@H](NC(=O)CCc2ccccc2)C[C@H]1C(=O)Nc1ccc2c(c1)CCC2. The fourth-order valence-corrected chi connectivity index (χ4v) is 6.23. The molecule has 12 heteroatoms. The van der Waals surface area contributed by atoms with Crippen LogP contribution in [-0.4, -0.2) is 77.2 Å². The minimum atomic E-state index is -1.06. The molecular formula is C38H53N5O7. The number of ether oxygens (including phenoxy) is 2. The second-order valence-electron chi connectivity index (χ2n) is 15.1. The first-order valence-electron chi connectivity index (χ1n) is 17.6. The average Bonchev–Trinajstić information content (AvgIpc) is 3.67. The molecule has 2 aromatic carbocycles. The maximum absolute atomic E-state index is 14.3. The summed E-state index contributed by atoms with van der Waals surface area (Å²) in [5.41, 5.74) is 2.68. The molecule has 1 aliphatic carbocycles. The van der Waals surface area contributed by atoms with E-state index >= 15 is 0 Å². The highest BCUT2D eigenvalue weighted by molar-refractivity contribution is 5.99. The van der Waals surface area contributed by atoms with Crippen LogP contribution < -0.4 is 21.3 Å². The standard InChI is InChI=1S/C38H53N5O7/c1-37(2,3)49-35(47)39-21-11-16-30(42-36(48)50-38(4,5)6)34(46)43-24-29(40-32(44)20-17-25-12-8-7-9-13-25)23-31(43)33(45)41-28-19-18-26-14-10-15-27(26)22-28/h7-9,12-13,18-19,22,29-31H,10-11,14-17,20-21,23-24H2,1-6H3,(H,39,47)(H,40,44)(H,41,45)(H,42,48)/t29-,30+,31+/m1/s1. The van der Waals surface area contributed by atoms with E-state index in [1.807, 2.05) is 48.5 Å². The van der Waals surface area contributed by atoms with Crippen LogP contribution in [0.15, 0.2) is 48.5 Å². The molecule has 272 valence electrons. The highest BCUT2D eigenvalue weighted by Crippen LogP contribution is 2.27. The molecule has 0 unspecified atom stereocenters. The van der Waals surface area contributed by atoms with Crippen molar-refractivity contribution in [1.82, 2.24) is 20.9 Å². The fourth-order valence-electron chi connectivity index (χ4n) is 6.23. The molecule has 0 radical (unpaired) electrons. The van der Waals surface area contributed by atoms with Crippen LogP contribution in [0.3, 0.4) is 0 Å². The third-order valence-electron chi connectivity index (χ3n) is 8.43. The lowest BCUT2D eigenvalue weighted by Crippen LogP contribution is -2.53. The molecular weight excluding hydrogens is 638 g/mol. The first kappa shape index (κ1) is 38.2. The zero-order valence-corrected chi connectivity index (χ0v) is 30.2.